The summed E-state index contributed by atoms with van der Waals surface area (Å²) < 4.78 is 27.8. The molecule has 1 aliphatic heterocycles. The van der Waals surface area contributed by atoms with E-state index in [9.17, 15) is 18.7 Å². The van der Waals surface area contributed by atoms with Gasteiger partial charge in [-0.05, 0) is 37.6 Å². The number of anilines is 1. The molecule has 5 heteroatoms. The molecule has 3 rings (SSSR count). The number of fused-ring (bicyclic) bond motifs is 1. The van der Waals surface area contributed by atoms with Gasteiger partial charge >= 0.3 is 0 Å². The lowest BCUT2D eigenvalue weighted by Gasteiger charge is -2.18. The van der Waals surface area contributed by atoms with E-state index in [0.717, 1.165) is 6.07 Å². The second kappa shape index (κ2) is 4.88. The van der Waals surface area contributed by atoms with E-state index in [1.165, 1.54) is 24.3 Å². The third kappa shape index (κ3) is 2.09. The van der Waals surface area contributed by atoms with E-state index in [2.05, 4.69) is 5.32 Å². The zero-order valence-corrected chi connectivity index (χ0v) is 12.2. The van der Waals surface area contributed by atoms with E-state index in [-0.39, 0.29) is 17.0 Å². The number of hydrogen-bond donors (Lipinski definition) is 2. The van der Waals surface area contributed by atoms with Crippen molar-refractivity contribution in [2.24, 2.45) is 0 Å². The molecule has 2 aromatic rings. The zero-order valence-electron chi connectivity index (χ0n) is 12.2. The fraction of sp³-hybridized carbons (Fsp3) is 0.235. The van der Waals surface area contributed by atoms with Gasteiger partial charge in [-0.3, -0.25) is 4.79 Å². The summed E-state index contributed by atoms with van der Waals surface area (Å²) in [5.74, 6) is -1.44. The summed E-state index contributed by atoms with van der Waals surface area (Å²) in [6.45, 7) is 3.35. The maximum Gasteiger partial charge on any atom is 0.234 e. The SMILES string of the molecule is CC1(C)C(=O)Nc2c(C(O)c3ccccc3F)cc(F)cc21. The first-order chi connectivity index (χ1) is 10.3. The van der Waals surface area contributed by atoms with Gasteiger partial charge in [0.2, 0.25) is 5.91 Å². The van der Waals surface area contributed by atoms with Gasteiger partial charge in [-0.1, -0.05) is 18.2 Å². The van der Waals surface area contributed by atoms with E-state index in [1.54, 1.807) is 19.9 Å². The number of carbonyl (C=O) groups is 1. The Morgan fingerprint density at radius 3 is 2.50 bits per heavy atom. The van der Waals surface area contributed by atoms with Crippen LogP contribution in [-0.2, 0) is 10.2 Å². The lowest BCUT2D eigenvalue weighted by Crippen LogP contribution is -2.26. The van der Waals surface area contributed by atoms with E-state index >= 15 is 0 Å². The highest BCUT2D eigenvalue weighted by atomic mass is 19.1. The minimum atomic E-state index is -1.36. The lowest BCUT2D eigenvalue weighted by molar-refractivity contribution is -0.119. The van der Waals surface area contributed by atoms with Crippen LogP contribution in [0.4, 0.5) is 14.5 Å². The van der Waals surface area contributed by atoms with Crippen LogP contribution in [0.25, 0.3) is 0 Å². The summed E-state index contributed by atoms with van der Waals surface area (Å²) in [4.78, 5) is 12.1. The number of aliphatic hydroxyl groups is 1. The van der Waals surface area contributed by atoms with Crippen LogP contribution in [0.15, 0.2) is 36.4 Å². The largest absolute Gasteiger partial charge is 0.383 e. The quantitative estimate of drug-likeness (QED) is 0.894. The molecule has 1 heterocycles. The lowest BCUT2D eigenvalue weighted by atomic mass is 9.84. The molecule has 2 N–H and O–H groups in total. The third-order valence-corrected chi connectivity index (χ3v) is 4.11. The van der Waals surface area contributed by atoms with Crippen LogP contribution in [0.1, 0.15) is 36.6 Å². The van der Waals surface area contributed by atoms with Crippen molar-refractivity contribution in [2.45, 2.75) is 25.4 Å². The molecular weight excluding hydrogens is 288 g/mol. The number of halogens is 2. The number of rotatable bonds is 2. The first-order valence-corrected chi connectivity index (χ1v) is 6.90. The maximum absolute atomic E-state index is 13.9. The summed E-state index contributed by atoms with van der Waals surface area (Å²) in [6, 6.07) is 8.14. The monoisotopic (exact) mass is 303 g/mol. The van der Waals surface area contributed by atoms with Crippen molar-refractivity contribution in [1.29, 1.82) is 0 Å². The molecule has 0 saturated heterocycles. The van der Waals surface area contributed by atoms with Crippen molar-refractivity contribution in [1.82, 2.24) is 0 Å². The van der Waals surface area contributed by atoms with Gasteiger partial charge in [-0.15, -0.1) is 0 Å². The number of hydrogen-bond acceptors (Lipinski definition) is 2. The van der Waals surface area contributed by atoms with E-state index in [4.69, 9.17) is 0 Å². The topological polar surface area (TPSA) is 49.3 Å². The standard InChI is InChI=1S/C17H15F2NO2/c1-17(2)12-8-9(18)7-11(14(12)20-16(17)22)15(21)10-5-3-4-6-13(10)19/h3-8,15,21H,1-2H3,(H,20,22). The Kier molecular flexibility index (Phi) is 3.25. The van der Waals surface area contributed by atoms with Crippen LogP contribution in [0, 0.1) is 11.6 Å². The second-order valence-corrected chi connectivity index (χ2v) is 5.92. The van der Waals surface area contributed by atoms with Gasteiger partial charge in [0.25, 0.3) is 0 Å². The number of carbonyl (C=O) groups excluding carboxylic acids is 1. The highest BCUT2D eigenvalue weighted by Gasteiger charge is 2.41. The average Bonchev–Trinajstić information content (AvgIpc) is 2.69. The zero-order chi connectivity index (χ0) is 16.1. The predicted molar refractivity (Wildman–Crippen MR) is 78.5 cm³/mol. The first kappa shape index (κ1) is 14.7. The highest BCUT2D eigenvalue weighted by molar-refractivity contribution is 6.06. The Morgan fingerprint density at radius 1 is 1.14 bits per heavy atom. The van der Waals surface area contributed by atoms with Crippen LogP contribution in [-0.4, -0.2) is 11.0 Å². The summed E-state index contributed by atoms with van der Waals surface area (Å²) >= 11 is 0. The van der Waals surface area contributed by atoms with Crippen LogP contribution < -0.4 is 5.32 Å². The molecule has 3 nitrogen and oxygen atoms in total. The van der Waals surface area contributed by atoms with E-state index < -0.39 is 23.2 Å². The maximum atomic E-state index is 13.9. The Hall–Kier alpha value is -2.27. The number of benzene rings is 2. The van der Waals surface area contributed by atoms with Gasteiger partial charge in [0.15, 0.2) is 0 Å². The Labute approximate surface area is 126 Å². The molecule has 0 radical (unpaired) electrons. The molecule has 0 aliphatic carbocycles. The van der Waals surface area contributed by atoms with Gasteiger partial charge in [0.1, 0.15) is 17.7 Å². The second-order valence-electron chi connectivity index (χ2n) is 5.92. The van der Waals surface area contributed by atoms with Gasteiger partial charge in [0, 0.05) is 11.1 Å². The van der Waals surface area contributed by atoms with Gasteiger partial charge in [-0.25, -0.2) is 8.78 Å². The molecule has 1 amide bonds. The van der Waals surface area contributed by atoms with Crippen LogP contribution in [0.2, 0.25) is 0 Å². The summed E-state index contributed by atoms with van der Waals surface area (Å²) in [5.41, 5.74) is 0.101. The summed E-state index contributed by atoms with van der Waals surface area (Å²) in [6.07, 6.45) is -1.36. The number of aliphatic hydroxyl groups excluding tert-OH is 1. The minimum absolute atomic E-state index is 0.0363. The molecule has 22 heavy (non-hydrogen) atoms. The fourth-order valence-corrected chi connectivity index (χ4v) is 2.73. The van der Waals surface area contributed by atoms with Crippen LogP contribution >= 0.6 is 0 Å². The molecule has 0 aromatic heterocycles. The van der Waals surface area contributed by atoms with E-state index in [1.807, 2.05) is 0 Å². The van der Waals surface area contributed by atoms with E-state index in [0.29, 0.717) is 11.3 Å². The Bertz CT molecular complexity index is 771. The molecule has 1 unspecified atom stereocenters. The fourth-order valence-electron chi connectivity index (χ4n) is 2.73. The first-order valence-electron chi connectivity index (χ1n) is 6.90. The summed E-state index contributed by atoms with van der Waals surface area (Å²) in [7, 11) is 0. The molecular formula is C17H15F2NO2. The highest BCUT2D eigenvalue weighted by Crippen LogP contribution is 2.43. The average molecular weight is 303 g/mol. The molecule has 0 spiro atoms. The van der Waals surface area contributed by atoms with Crippen molar-refractivity contribution >= 4 is 11.6 Å². The smallest absolute Gasteiger partial charge is 0.234 e. The molecule has 0 fully saturated rings. The van der Waals surface area contributed by atoms with Crippen LogP contribution in [0.5, 0.6) is 0 Å². The van der Waals surface area contributed by atoms with Crippen molar-refractivity contribution < 1.29 is 18.7 Å². The van der Waals surface area contributed by atoms with Crippen molar-refractivity contribution in [3.05, 3.63) is 64.7 Å². The molecule has 0 saturated carbocycles. The number of amides is 1. The van der Waals surface area contributed by atoms with Crippen molar-refractivity contribution in [3.63, 3.8) is 0 Å². The third-order valence-electron chi connectivity index (χ3n) is 4.11. The van der Waals surface area contributed by atoms with Crippen molar-refractivity contribution in [2.75, 3.05) is 5.32 Å². The molecule has 2 aromatic carbocycles. The van der Waals surface area contributed by atoms with Gasteiger partial charge in [0.05, 0.1) is 11.1 Å². The molecule has 0 bridgehead atoms. The van der Waals surface area contributed by atoms with Gasteiger partial charge < -0.3 is 10.4 Å². The Balaban J connectivity index is 2.18. The normalized spacial score (nSPS) is 17.0. The van der Waals surface area contributed by atoms with Crippen molar-refractivity contribution in [3.8, 4) is 0 Å². The van der Waals surface area contributed by atoms with Gasteiger partial charge in [-0.2, -0.15) is 0 Å². The molecule has 114 valence electrons. The van der Waals surface area contributed by atoms with Crippen LogP contribution in [0.3, 0.4) is 0 Å². The molecule has 1 aliphatic rings. The number of nitrogens with one attached hydrogen (secondary N) is 1. The minimum Gasteiger partial charge on any atom is -0.383 e. The summed E-state index contributed by atoms with van der Waals surface area (Å²) in [5, 5.41) is 13.1. The Morgan fingerprint density at radius 2 is 1.82 bits per heavy atom. The molecule has 1 atom stereocenters. The predicted octanol–water partition coefficient (Wildman–Crippen LogP) is 3.28.